The van der Waals surface area contributed by atoms with Crippen molar-refractivity contribution in [3.63, 3.8) is 0 Å². The Balaban J connectivity index is 3.06. The van der Waals surface area contributed by atoms with Crippen molar-refractivity contribution in [3.05, 3.63) is 6.42 Å². The summed E-state index contributed by atoms with van der Waals surface area (Å²) in [5.41, 5.74) is 5.13. The van der Waals surface area contributed by atoms with Crippen LogP contribution in [0, 0.1) is 6.42 Å². The Kier molecular flexibility index (Phi) is 5.21. The number of ether oxygens (including phenoxy) is 1. The molecule has 0 fully saturated rings. The Morgan fingerprint density at radius 3 is 2.89 bits per heavy atom. The van der Waals surface area contributed by atoms with Crippen molar-refractivity contribution in [3.8, 4) is 0 Å². The zero-order valence-electron chi connectivity index (χ0n) is 5.59. The molecule has 3 nitrogen and oxygen atoms in total. The maximum Gasteiger partial charge on any atom is 0.309 e. The van der Waals surface area contributed by atoms with Crippen LogP contribution in [0.4, 0.5) is 0 Å². The molecule has 0 saturated carbocycles. The smallest absolute Gasteiger partial charge is 0.309 e. The fraction of sp³-hybridized carbons (Fsp3) is 0.667. The molecule has 1 radical (unpaired) electrons. The van der Waals surface area contributed by atoms with E-state index in [1.165, 1.54) is 6.42 Å². The Bertz CT molecular complexity index is 83.1. The number of nitrogens with two attached hydrogens (primary N) is 1. The summed E-state index contributed by atoms with van der Waals surface area (Å²) in [7, 11) is 0. The van der Waals surface area contributed by atoms with E-state index in [2.05, 4.69) is 4.74 Å². The topological polar surface area (TPSA) is 52.3 Å². The molecule has 0 unspecified atom stereocenters. The molecule has 0 aromatic heterocycles. The van der Waals surface area contributed by atoms with E-state index in [1.807, 2.05) is 0 Å². The second-order valence-corrected chi connectivity index (χ2v) is 1.53. The van der Waals surface area contributed by atoms with Crippen LogP contribution in [0.2, 0.25) is 0 Å². The van der Waals surface area contributed by atoms with Crippen LogP contribution in [0.3, 0.4) is 0 Å². The Morgan fingerprint density at radius 1 is 1.78 bits per heavy atom. The monoisotopic (exact) mass is 130 g/mol. The lowest BCUT2D eigenvalue weighted by Gasteiger charge is -1.97. The first-order valence-electron chi connectivity index (χ1n) is 3.01. The molecule has 3 heteroatoms. The highest BCUT2D eigenvalue weighted by atomic mass is 16.5. The number of carbonyl (C=O) groups is 1. The van der Waals surface area contributed by atoms with Crippen molar-refractivity contribution in [1.29, 1.82) is 0 Å². The van der Waals surface area contributed by atoms with Gasteiger partial charge in [0.15, 0.2) is 0 Å². The summed E-state index contributed by atoms with van der Waals surface area (Å²) < 4.78 is 4.59. The summed E-state index contributed by atoms with van der Waals surface area (Å²) in [6, 6.07) is 0. The first-order chi connectivity index (χ1) is 4.31. The first kappa shape index (κ1) is 8.43. The van der Waals surface area contributed by atoms with E-state index in [0.29, 0.717) is 19.6 Å². The molecule has 2 N–H and O–H groups in total. The lowest BCUT2D eigenvalue weighted by molar-refractivity contribution is -0.139. The first-order valence-corrected chi connectivity index (χ1v) is 3.01. The minimum absolute atomic E-state index is 0.275. The predicted octanol–water partition coefficient (Wildman–Crippen LogP) is 0.103. The van der Waals surface area contributed by atoms with Crippen molar-refractivity contribution in [2.45, 2.75) is 13.3 Å². The van der Waals surface area contributed by atoms with E-state index in [1.54, 1.807) is 6.92 Å². The summed E-state index contributed by atoms with van der Waals surface area (Å²) in [5, 5.41) is 0. The van der Waals surface area contributed by atoms with Gasteiger partial charge < -0.3 is 10.5 Å². The summed E-state index contributed by atoms with van der Waals surface area (Å²) in [6.45, 7) is 2.70. The number of carbonyl (C=O) groups excluding carboxylic acids is 1. The van der Waals surface area contributed by atoms with Gasteiger partial charge in [0.25, 0.3) is 0 Å². The number of hydrogen-bond donors (Lipinski definition) is 1. The molecule has 0 spiro atoms. The second kappa shape index (κ2) is 5.56. The van der Waals surface area contributed by atoms with Gasteiger partial charge in [0.1, 0.15) is 0 Å². The van der Waals surface area contributed by atoms with E-state index in [0.717, 1.165) is 0 Å². The molecule has 0 bridgehead atoms. The molecule has 0 rings (SSSR count). The van der Waals surface area contributed by atoms with Crippen LogP contribution in [0.25, 0.3) is 0 Å². The van der Waals surface area contributed by atoms with Crippen molar-refractivity contribution < 1.29 is 9.53 Å². The predicted molar refractivity (Wildman–Crippen MR) is 34.6 cm³/mol. The molecule has 9 heavy (non-hydrogen) atoms. The van der Waals surface area contributed by atoms with Crippen LogP contribution in [-0.2, 0) is 9.53 Å². The molecule has 0 aliphatic rings. The van der Waals surface area contributed by atoms with Gasteiger partial charge in [0.05, 0.1) is 13.0 Å². The lowest BCUT2D eigenvalue weighted by Crippen LogP contribution is -2.08. The summed E-state index contributed by atoms with van der Waals surface area (Å²) in [5.74, 6) is -0.275. The average Bonchev–Trinajstić information content (AvgIpc) is 1.85. The van der Waals surface area contributed by atoms with Crippen molar-refractivity contribution in [2.24, 2.45) is 5.73 Å². The summed E-state index contributed by atoms with van der Waals surface area (Å²) in [4.78, 5) is 10.5. The van der Waals surface area contributed by atoms with E-state index in [-0.39, 0.29) is 5.97 Å². The molecule has 0 saturated heterocycles. The van der Waals surface area contributed by atoms with Crippen molar-refractivity contribution in [1.82, 2.24) is 0 Å². The van der Waals surface area contributed by atoms with E-state index in [4.69, 9.17) is 5.73 Å². The van der Waals surface area contributed by atoms with Crippen LogP contribution in [0.5, 0.6) is 0 Å². The summed E-state index contributed by atoms with van der Waals surface area (Å²) >= 11 is 0. The van der Waals surface area contributed by atoms with Gasteiger partial charge >= 0.3 is 5.97 Å². The maximum absolute atomic E-state index is 10.5. The molecular formula is C6H12NO2. The molecule has 0 aromatic carbocycles. The third-order valence-corrected chi connectivity index (χ3v) is 0.764. The fourth-order valence-corrected chi connectivity index (χ4v) is 0.402. The van der Waals surface area contributed by atoms with Crippen LogP contribution in [-0.4, -0.2) is 19.1 Å². The van der Waals surface area contributed by atoms with E-state index < -0.39 is 0 Å². The largest absolute Gasteiger partial charge is 0.466 e. The second-order valence-electron chi connectivity index (χ2n) is 1.53. The Morgan fingerprint density at radius 2 is 2.44 bits per heavy atom. The minimum atomic E-state index is -0.275. The third-order valence-electron chi connectivity index (χ3n) is 0.764. The van der Waals surface area contributed by atoms with Gasteiger partial charge in [-0.25, -0.2) is 0 Å². The van der Waals surface area contributed by atoms with E-state index in [9.17, 15) is 4.79 Å². The van der Waals surface area contributed by atoms with Crippen LogP contribution in [0.1, 0.15) is 13.3 Å². The standard InChI is InChI=1S/C6H12NO2/c1-2-9-6(8)4-3-5-7/h4H,2-3,5,7H2,1H3. The van der Waals surface area contributed by atoms with Gasteiger partial charge in [-0.1, -0.05) is 0 Å². The molecule has 53 valence electrons. The molecule has 0 aliphatic carbocycles. The quantitative estimate of drug-likeness (QED) is 0.549. The minimum Gasteiger partial charge on any atom is -0.466 e. The third kappa shape index (κ3) is 5.30. The Labute approximate surface area is 55.2 Å². The van der Waals surface area contributed by atoms with Gasteiger partial charge in [0, 0.05) is 0 Å². The molecular weight excluding hydrogens is 118 g/mol. The zero-order chi connectivity index (χ0) is 7.11. The Hall–Kier alpha value is -0.570. The number of esters is 1. The molecule has 0 aromatic rings. The van der Waals surface area contributed by atoms with Gasteiger partial charge in [-0.3, -0.25) is 4.79 Å². The number of hydrogen-bond acceptors (Lipinski definition) is 3. The van der Waals surface area contributed by atoms with Gasteiger partial charge in [-0.2, -0.15) is 0 Å². The maximum atomic E-state index is 10.5. The van der Waals surface area contributed by atoms with Gasteiger partial charge in [0.2, 0.25) is 0 Å². The van der Waals surface area contributed by atoms with E-state index >= 15 is 0 Å². The highest BCUT2D eigenvalue weighted by molar-refractivity contribution is 5.78. The number of rotatable bonds is 4. The van der Waals surface area contributed by atoms with Gasteiger partial charge in [-0.15, -0.1) is 0 Å². The van der Waals surface area contributed by atoms with Crippen LogP contribution >= 0.6 is 0 Å². The highest BCUT2D eigenvalue weighted by Gasteiger charge is 1.98. The normalized spacial score (nSPS) is 9.11. The fourth-order valence-electron chi connectivity index (χ4n) is 0.402. The highest BCUT2D eigenvalue weighted by Crippen LogP contribution is 1.87. The average molecular weight is 130 g/mol. The molecule has 0 aliphatic heterocycles. The molecule has 0 atom stereocenters. The van der Waals surface area contributed by atoms with Crippen LogP contribution < -0.4 is 5.73 Å². The van der Waals surface area contributed by atoms with Gasteiger partial charge in [-0.05, 0) is 19.9 Å². The molecule has 0 amide bonds. The van der Waals surface area contributed by atoms with Crippen LogP contribution in [0.15, 0.2) is 0 Å². The van der Waals surface area contributed by atoms with Crippen molar-refractivity contribution >= 4 is 5.97 Å². The zero-order valence-corrected chi connectivity index (χ0v) is 5.59. The summed E-state index contributed by atoms with van der Waals surface area (Å²) in [6.07, 6.45) is 2.04. The van der Waals surface area contributed by atoms with Crippen molar-refractivity contribution in [2.75, 3.05) is 13.2 Å². The molecule has 0 heterocycles. The SMILES string of the molecule is CCOC(=O)[CH]CCN. The lowest BCUT2D eigenvalue weighted by atomic mass is 10.3.